The van der Waals surface area contributed by atoms with Crippen LogP contribution in [-0.4, -0.2) is 5.11 Å². The molecule has 17 heavy (non-hydrogen) atoms. The number of rotatable bonds is 3. The number of hydrogen-bond acceptors (Lipinski definition) is 2. The Morgan fingerprint density at radius 3 is 2.76 bits per heavy atom. The highest BCUT2D eigenvalue weighted by molar-refractivity contribution is 6.30. The molecular weight excluding hydrogens is 243 g/mol. The standard InChI is InChI=1S/C13H12ClFO2/c1-13(16,10-4-5-17-8-10)7-9-2-3-12(15)11(14)6-9/h2-6,8,16H,7H2,1H3. The average Bonchev–Trinajstić information content (AvgIpc) is 2.77. The first-order valence-corrected chi connectivity index (χ1v) is 5.56. The Labute approximate surface area is 104 Å². The van der Waals surface area contributed by atoms with Gasteiger partial charge in [0.1, 0.15) is 5.82 Å². The van der Waals surface area contributed by atoms with Crippen LogP contribution in [0.5, 0.6) is 0 Å². The van der Waals surface area contributed by atoms with Crippen molar-refractivity contribution < 1.29 is 13.9 Å². The highest BCUT2D eigenvalue weighted by atomic mass is 35.5. The van der Waals surface area contributed by atoms with Gasteiger partial charge >= 0.3 is 0 Å². The van der Waals surface area contributed by atoms with Gasteiger partial charge < -0.3 is 9.52 Å². The molecule has 90 valence electrons. The molecule has 0 fully saturated rings. The van der Waals surface area contributed by atoms with Crippen molar-refractivity contribution >= 4 is 11.6 Å². The lowest BCUT2D eigenvalue weighted by molar-refractivity contribution is 0.0570. The third kappa shape index (κ3) is 2.68. The van der Waals surface area contributed by atoms with Gasteiger partial charge in [-0.2, -0.15) is 0 Å². The van der Waals surface area contributed by atoms with Crippen molar-refractivity contribution in [1.82, 2.24) is 0 Å². The van der Waals surface area contributed by atoms with E-state index >= 15 is 0 Å². The van der Waals surface area contributed by atoms with E-state index in [2.05, 4.69) is 0 Å². The molecule has 0 amide bonds. The van der Waals surface area contributed by atoms with Gasteiger partial charge in [-0.05, 0) is 30.7 Å². The zero-order chi connectivity index (χ0) is 12.5. The Kier molecular flexibility index (Phi) is 3.22. The third-order valence-electron chi connectivity index (χ3n) is 2.68. The van der Waals surface area contributed by atoms with Crippen LogP contribution in [0.2, 0.25) is 5.02 Å². The summed E-state index contributed by atoms with van der Waals surface area (Å²) < 4.78 is 17.9. The molecule has 4 heteroatoms. The second-order valence-electron chi connectivity index (χ2n) is 4.21. The zero-order valence-corrected chi connectivity index (χ0v) is 10.0. The molecule has 1 atom stereocenters. The summed E-state index contributed by atoms with van der Waals surface area (Å²) in [6.45, 7) is 1.68. The lowest BCUT2D eigenvalue weighted by Crippen LogP contribution is -2.23. The van der Waals surface area contributed by atoms with E-state index in [0.717, 1.165) is 5.56 Å². The molecule has 2 nitrogen and oxygen atoms in total. The van der Waals surface area contributed by atoms with Gasteiger partial charge in [-0.3, -0.25) is 0 Å². The molecule has 2 rings (SSSR count). The van der Waals surface area contributed by atoms with E-state index in [0.29, 0.717) is 12.0 Å². The monoisotopic (exact) mass is 254 g/mol. The van der Waals surface area contributed by atoms with Gasteiger partial charge in [0.2, 0.25) is 0 Å². The summed E-state index contributed by atoms with van der Waals surface area (Å²) in [5, 5.41) is 10.4. The summed E-state index contributed by atoms with van der Waals surface area (Å²) in [4.78, 5) is 0. The normalized spacial score (nSPS) is 14.6. The number of hydrogen-bond donors (Lipinski definition) is 1. The Morgan fingerprint density at radius 2 is 2.18 bits per heavy atom. The maximum absolute atomic E-state index is 13.0. The van der Waals surface area contributed by atoms with Crippen LogP contribution in [-0.2, 0) is 12.0 Å². The first-order chi connectivity index (χ1) is 7.99. The Balaban J connectivity index is 2.23. The second kappa shape index (κ2) is 4.51. The Morgan fingerprint density at radius 1 is 1.41 bits per heavy atom. The van der Waals surface area contributed by atoms with E-state index in [-0.39, 0.29) is 5.02 Å². The van der Waals surface area contributed by atoms with Gasteiger partial charge in [0.25, 0.3) is 0 Å². The van der Waals surface area contributed by atoms with Crippen molar-refractivity contribution in [2.75, 3.05) is 0 Å². The fraction of sp³-hybridized carbons (Fsp3) is 0.231. The van der Waals surface area contributed by atoms with Gasteiger partial charge in [0.15, 0.2) is 0 Å². The lowest BCUT2D eigenvalue weighted by Gasteiger charge is -2.21. The predicted octanol–water partition coefficient (Wildman–Crippen LogP) is 3.52. The molecule has 1 aromatic heterocycles. The van der Waals surface area contributed by atoms with E-state index in [1.807, 2.05) is 0 Å². The highest BCUT2D eigenvalue weighted by Crippen LogP contribution is 2.27. The summed E-state index contributed by atoms with van der Waals surface area (Å²) in [6, 6.07) is 6.12. The molecule has 1 aromatic carbocycles. The number of furan rings is 1. The van der Waals surface area contributed by atoms with Crippen molar-refractivity contribution in [3.8, 4) is 0 Å². The second-order valence-corrected chi connectivity index (χ2v) is 4.62. The summed E-state index contributed by atoms with van der Waals surface area (Å²) >= 11 is 5.69. The maximum atomic E-state index is 13.0. The van der Waals surface area contributed by atoms with Crippen LogP contribution in [0.25, 0.3) is 0 Å². The topological polar surface area (TPSA) is 33.4 Å². The van der Waals surface area contributed by atoms with Crippen LogP contribution >= 0.6 is 11.6 Å². The quantitative estimate of drug-likeness (QED) is 0.909. The van der Waals surface area contributed by atoms with Gasteiger partial charge in [-0.1, -0.05) is 17.7 Å². The first-order valence-electron chi connectivity index (χ1n) is 5.18. The molecule has 0 saturated carbocycles. The molecule has 2 aromatic rings. The highest BCUT2D eigenvalue weighted by Gasteiger charge is 2.24. The van der Waals surface area contributed by atoms with Crippen molar-refractivity contribution in [1.29, 1.82) is 0 Å². The predicted molar refractivity (Wildman–Crippen MR) is 63.4 cm³/mol. The van der Waals surface area contributed by atoms with E-state index in [1.165, 1.54) is 24.7 Å². The summed E-state index contributed by atoms with van der Waals surface area (Å²) in [5.41, 5.74) is 0.384. The molecule has 0 aliphatic carbocycles. The van der Waals surface area contributed by atoms with E-state index in [4.69, 9.17) is 16.0 Å². The molecule has 0 saturated heterocycles. The average molecular weight is 255 g/mol. The number of aliphatic hydroxyl groups is 1. The van der Waals surface area contributed by atoms with Crippen LogP contribution in [0.15, 0.2) is 41.2 Å². The van der Waals surface area contributed by atoms with Crippen molar-refractivity contribution in [2.45, 2.75) is 18.9 Å². The van der Waals surface area contributed by atoms with Crippen LogP contribution in [0.3, 0.4) is 0 Å². The van der Waals surface area contributed by atoms with E-state index in [1.54, 1.807) is 19.1 Å². The van der Waals surface area contributed by atoms with Gasteiger partial charge in [0, 0.05) is 12.0 Å². The molecule has 1 unspecified atom stereocenters. The fourth-order valence-corrected chi connectivity index (χ4v) is 1.92. The number of halogens is 2. The third-order valence-corrected chi connectivity index (χ3v) is 2.97. The van der Waals surface area contributed by atoms with Crippen molar-refractivity contribution in [3.05, 3.63) is 58.8 Å². The van der Waals surface area contributed by atoms with E-state index < -0.39 is 11.4 Å². The number of benzene rings is 1. The summed E-state index contributed by atoms with van der Waals surface area (Å²) in [6.07, 6.45) is 3.33. The maximum Gasteiger partial charge on any atom is 0.141 e. The van der Waals surface area contributed by atoms with Crippen LogP contribution in [0.1, 0.15) is 18.1 Å². The van der Waals surface area contributed by atoms with Crippen molar-refractivity contribution in [2.24, 2.45) is 0 Å². The molecule has 1 heterocycles. The largest absolute Gasteiger partial charge is 0.472 e. The minimum absolute atomic E-state index is 0.0606. The first kappa shape index (κ1) is 12.1. The zero-order valence-electron chi connectivity index (χ0n) is 9.28. The fourth-order valence-electron chi connectivity index (χ4n) is 1.72. The van der Waals surface area contributed by atoms with Crippen molar-refractivity contribution in [3.63, 3.8) is 0 Å². The van der Waals surface area contributed by atoms with E-state index in [9.17, 15) is 9.50 Å². The lowest BCUT2D eigenvalue weighted by atomic mass is 9.91. The summed E-state index contributed by atoms with van der Waals surface area (Å²) in [5.74, 6) is -0.460. The molecule has 0 spiro atoms. The molecule has 0 bridgehead atoms. The molecule has 0 aliphatic heterocycles. The molecule has 1 N–H and O–H groups in total. The minimum Gasteiger partial charge on any atom is -0.472 e. The summed E-state index contributed by atoms with van der Waals surface area (Å²) in [7, 11) is 0. The minimum atomic E-state index is -1.06. The van der Waals surface area contributed by atoms with Crippen LogP contribution in [0.4, 0.5) is 4.39 Å². The molecule has 0 aliphatic rings. The van der Waals surface area contributed by atoms with Crippen LogP contribution in [0, 0.1) is 5.82 Å². The Hall–Kier alpha value is -1.32. The molecular formula is C13H12ClFO2. The van der Waals surface area contributed by atoms with Crippen LogP contribution < -0.4 is 0 Å². The van der Waals surface area contributed by atoms with Gasteiger partial charge in [-0.15, -0.1) is 0 Å². The SMILES string of the molecule is CC(O)(Cc1ccc(F)c(Cl)c1)c1ccoc1. The van der Waals surface area contributed by atoms with Gasteiger partial charge in [-0.25, -0.2) is 4.39 Å². The van der Waals surface area contributed by atoms with Gasteiger partial charge in [0.05, 0.1) is 23.2 Å². The smallest absolute Gasteiger partial charge is 0.141 e. The Bertz CT molecular complexity index is 506. The molecule has 0 radical (unpaired) electrons.